The molecule has 0 spiro atoms. The Hall–Kier alpha value is -0.570. The van der Waals surface area contributed by atoms with Gasteiger partial charge >= 0.3 is 0 Å². The molecule has 0 aromatic heterocycles. The Balaban J connectivity index is 2.56. The first kappa shape index (κ1) is 13.5. The number of nitrogens with one attached hydrogen (secondary N) is 1. The molecule has 1 aromatic rings. The highest BCUT2D eigenvalue weighted by molar-refractivity contribution is 6.30. The van der Waals surface area contributed by atoms with E-state index in [2.05, 4.69) is 25.3 Å². The third-order valence-corrected chi connectivity index (χ3v) is 3.23. The quantitative estimate of drug-likeness (QED) is 0.592. The number of nitrogens with two attached hydrogens (primary N) is 1. The first-order chi connectivity index (χ1) is 7.65. The molecule has 0 saturated heterocycles. The highest BCUT2D eigenvalue weighted by Gasteiger charge is 2.11. The van der Waals surface area contributed by atoms with E-state index in [9.17, 15) is 0 Å². The molecular formula is C13H21ClN2. The topological polar surface area (TPSA) is 38.0 Å². The average molecular weight is 241 g/mol. The van der Waals surface area contributed by atoms with Gasteiger partial charge in [0, 0.05) is 11.1 Å². The first-order valence-electron chi connectivity index (χ1n) is 5.86. The maximum atomic E-state index is 5.95. The molecule has 2 atom stereocenters. The summed E-state index contributed by atoms with van der Waals surface area (Å²) in [6.45, 7) is 4.46. The Morgan fingerprint density at radius 2 is 2.19 bits per heavy atom. The minimum Gasteiger partial charge on any atom is -0.271 e. The fraction of sp³-hybridized carbons (Fsp3) is 0.538. The van der Waals surface area contributed by atoms with Crippen LogP contribution in [-0.4, -0.2) is 6.04 Å². The number of halogens is 1. The van der Waals surface area contributed by atoms with E-state index in [1.165, 1.54) is 12.0 Å². The van der Waals surface area contributed by atoms with E-state index in [1.54, 1.807) is 0 Å². The van der Waals surface area contributed by atoms with E-state index in [0.29, 0.717) is 12.0 Å². The van der Waals surface area contributed by atoms with Crippen LogP contribution in [0.2, 0.25) is 5.02 Å². The van der Waals surface area contributed by atoms with Crippen molar-refractivity contribution in [3.05, 3.63) is 34.9 Å². The van der Waals surface area contributed by atoms with Gasteiger partial charge in [-0.05, 0) is 36.5 Å². The highest BCUT2D eigenvalue weighted by Crippen LogP contribution is 2.16. The van der Waals surface area contributed by atoms with Crippen molar-refractivity contribution < 1.29 is 0 Å². The van der Waals surface area contributed by atoms with Gasteiger partial charge in [0.15, 0.2) is 0 Å². The number of rotatable bonds is 6. The molecule has 0 amide bonds. The van der Waals surface area contributed by atoms with Crippen molar-refractivity contribution in [2.24, 2.45) is 11.8 Å². The van der Waals surface area contributed by atoms with Crippen molar-refractivity contribution in [3.63, 3.8) is 0 Å². The van der Waals surface area contributed by atoms with E-state index in [1.807, 2.05) is 18.2 Å². The molecule has 0 aliphatic heterocycles. The number of hydrogen-bond donors (Lipinski definition) is 2. The summed E-state index contributed by atoms with van der Waals surface area (Å²) in [7, 11) is 0. The van der Waals surface area contributed by atoms with E-state index in [0.717, 1.165) is 17.9 Å². The van der Waals surface area contributed by atoms with Gasteiger partial charge in [0.05, 0.1) is 0 Å². The summed E-state index contributed by atoms with van der Waals surface area (Å²) in [6.07, 6.45) is 3.22. The summed E-state index contributed by atoms with van der Waals surface area (Å²) in [4.78, 5) is 0. The summed E-state index contributed by atoms with van der Waals surface area (Å²) < 4.78 is 0. The third kappa shape index (κ3) is 4.52. The fourth-order valence-electron chi connectivity index (χ4n) is 1.81. The van der Waals surface area contributed by atoms with Crippen molar-refractivity contribution in [2.45, 2.75) is 39.2 Å². The minimum atomic E-state index is 0.327. The van der Waals surface area contributed by atoms with Crippen LogP contribution in [0.1, 0.15) is 32.3 Å². The minimum absolute atomic E-state index is 0.327. The molecule has 2 unspecified atom stereocenters. The second-order valence-corrected chi connectivity index (χ2v) is 4.88. The second-order valence-electron chi connectivity index (χ2n) is 4.45. The Kier molecular flexibility index (Phi) is 5.81. The van der Waals surface area contributed by atoms with Crippen molar-refractivity contribution in [1.82, 2.24) is 5.43 Å². The van der Waals surface area contributed by atoms with Gasteiger partial charge in [0.2, 0.25) is 0 Å². The number of hydrogen-bond acceptors (Lipinski definition) is 2. The summed E-state index contributed by atoms with van der Waals surface area (Å²) in [5.74, 6) is 6.27. The normalized spacial score (nSPS) is 14.8. The van der Waals surface area contributed by atoms with Crippen LogP contribution >= 0.6 is 11.6 Å². The van der Waals surface area contributed by atoms with Gasteiger partial charge in [0.1, 0.15) is 0 Å². The smallest absolute Gasteiger partial charge is 0.0408 e. The summed E-state index contributed by atoms with van der Waals surface area (Å²) >= 11 is 5.95. The van der Waals surface area contributed by atoms with E-state index < -0.39 is 0 Å². The lowest BCUT2D eigenvalue weighted by molar-refractivity contribution is 0.396. The van der Waals surface area contributed by atoms with Crippen LogP contribution in [0.5, 0.6) is 0 Å². The summed E-state index contributed by atoms with van der Waals surface area (Å²) in [5, 5.41) is 0.789. The van der Waals surface area contributed by atoms with Crippen LogP contribution in [0, 0.1) is 5.92 Å². The molecule has 0 fully saturated rings. The molecule has 3 N–H and O–H groups in total. The molecule has 0 heterocycles. The lowest BCUT2D eigenvalue weighted by atomic mass is 9.95. The predicted octanol–water partition coefficient (Wildman–Crippen LogP) is 3.15. The molecule has 0 radical (unpaired) electrons. The molecule has 1 aromatic carbocycles. The van der Waals surface area contributed by atoms with E-state index in [4.69, 9.17) is 17.4 Å². The number of hydrazine groups is 1. The lowest BCUT2D eigenvalue weighted by Crippen LogP contribution is -2.37. The molecule has 2 nitrogen and oxygen atoms in total. The Morgan fingerprint density at radius 1 is 1.44 bits per heavy atom. The van der Waals surface area contributed by atoms with Crippen LogP contribution in [0.25, 0.3) is 0 Å². The molecule has 3 heteroatoms. The fourth-order valence-corrected chi connectivity index (χ4v) is 2.02. The standard InChI is InChI=1S/C13H21ClN2/c1-3-10(2)7-13(16-15)9-11-5-4-6-12(14)8-11/h4-6,8,10,13,16H,3,7,9,15H2,1-2H3. The van der Waals surface area contributed by atoms with Crippen molar-refractivity contribution in [3.8, 4) is 0 Å². The molecule has 0 aliphatic rings. The van der Waals surface area contributed by atoms with Crippen LogP contribution in [0.3, 0.4) is 0 Å². The van der Waals surface area contributed by atoms with Gasteiger partial charge in [-0.3, -0.25) is 11.3 Å². The third-order valence-electron chi connectivity index (χ3n) is 2.99. The SMILES string of the molecule is CCC(C)CC(Cc1cccc(Cl)c1)NN. The molecule has 16 heavy (non-hydrogen) atoms. The molecule has 0 bridgehead atoms. The highest BCUT2D eigenvalue weighted by atomic mass is 35.5. The van der Waals surface area contributed by atoms with Crippen molar-refractivity contribution in [1.29, 1.82) is 0 Å². The van der Waals surface area contributed by atoms with Crippen molar-refractivity contribution >= 4 is 11.6 Å². The Bertz CT molecular complexity index is 315. The van der Waals surface area contributed by atoms with Crippen LogP contribution in [-0.2, 0) is 6.42 Å². The zero-order valence-electron chi connectivity index (χ0n) is 10.0. The van der Waals surface area contributed by atoms with Crippen LogP contribution < -0.4 is 11.3 Å². The Labute approximate surface area is 103 Å². The van der Waals surface area contributed by atoms with Crippen LogP contribution in [0.4, 0.5) is 0 Å². The predicted molar refractivity (Wildman–Crippen MR) is 70.3 cm³/mol. The second kappa shape index (κ2) is 6.89. The van der Waals surface area contributed by atoms with Gasteiger partial charge in [-0.2, -0.15) is 0 Å². The largest absolute Gasteiger partial charge is 0.271 e. The van der Waals surface area contributed by atoms with Crippen LogP contribution in [0.15, 0.2) is 24.3 Å². The van der Waals surface area contributed by atoms with E-state index in [-0.39, 0.29) is 0 Å². The zero-order valence-corrected chi connectivity index (χ0v) is 10.8. The average Bonchev–Trinajstić information content (AvgIpc) is 2.28. The monoisotopic (exact) mass is 240 g/mol. The molecule has 0 saturated carbocycles. The van der Waals surface area contributed by atoms with Gasteiger partial charge in [-0.15, -0.1) is 0 Å². The maximum Gasteiger partial charge on any atom is 0.0408 e. The van der Waals surface area contributed by atoms with Crippen molar-refractivity contribution in [2.75, 3.05) is 0 Å². The lowest BCUT2D eigenvalue weighted by Gasteiger charge is -2.19. The first-order valence-corrected chi connectivity index (χ1v) is 6.24. The number of benzene rings is 1. The van der Waals surface area contributed by atoms with E-state index >= 15 is 0 Å². The van der Waals surface area contributed by atoms with Gasteiger partial charge in [0.25, 0.3) is 0 Å². The maximum absolute atomic E-state index is 5.95. The summed E-state index contributed by atoms with van der Waals surface area (Å²) in [5.41, 5.74) is 4.13. The van der Waals surface area contributed by atoms with Gasteiger partial charge in [-0.1, -0.05) is 44.0 Å². The molecule has 1 rings (SSSR count). The Morgan fingerprint density at radius 3 is 2.75 bits per heavy atom. The molecular weight excluding hydrogens is 220 g/mol. The van der Waals surface area contributed by atoms with Gasteiger partial charge in [-0.25, -0.2) is 0 Å². The molecule has 0 aliphatic carbocycles. The zero-order chi connectivity index (χ0) is 12.0. The summed E-state index contributed by atoms with van der Waals surface area (Å²) in [6, 6.07) is 8.29. The molecule has 90 valence electrons. The van der Waals surface area contributed by atoms with Gasteiger partial charge < -0.3 is 0 Å².